The number of nitrogens with one attached hydrogen (secondary N) is 1. The van der Waals surface area contributed by atoms with Crippen molar-refractivity contribution < 1.29 is 14.3 Å². The van der Waals surface area contributed by atoms with Crippen LogP contribution in [0.4, 0.5) is 11.4 Å². The molecule has 0 saturated carbocycles. The van der Waals surface area contributed by atoms with Gasteiger partial charge < -0.3 is 19.7 Å². The van der Waals surface area contributed by atoms with Gasteiger partial charge in [-0.3, -0.25) is 4.79 Å². The first kappa shape index (κ1) is 18.7. The van der Waals surface area contributed by atoms with Gasteiger partial charge in [0, 0.05) is 32.0 Å². The fraction of sp³-hybridized carbons (Fsp3) is 0.348. The minimum absolute atomic E-state index is 0.133. The molecule has 0 aliphatic carbocycles. The Labute approximate surface area is 165 Å². The minimum atomic E-state index is -0.402. The highest BCUT2D eigenvalue weighted by Gasteiger charge is 2.40. The van der Waals surface area contributed by atoms with E-state index in [0.717, 1.165) is 48.4 Å². The lowest BCUT2D eigenvalue weighted by atomic mass is 10.0. The summed E-state index contributed by atoms with van der Waals surface area (Å²) in [5.74, 6) is -0.535. The predicted octanol–water partition coefficient (Wildman–Crippen LogP) is 3.99. The normalized spacial score (nSPS) is 18.7. The predicted molar refractivity (Wildman–Crippen MR) is 111 cm³/mol. The number of aryl methyl sites for hydroxylation is 1. The van der Waals surface area contributed by atoms with Crippen LogP contribution in [-0.4, -0.2) is 38.0 Å². The maximum Gasteiger partial charge on any atom is 0.248 e. The molecule has 146 valence electrons. The molecule has 0 radical (unpaired) electrons. The van der Waals surface area contributed by atoms with Gasteiger partial charge in [0.2, 0.25) is 5.91 Å². The molecule has 0 unspecified atom stereocenters. The van der Waals surface area contributed by atoms with Gasteiger partial charge in [-0.25, -0.2) is 0 Å². The van der Waals surface area contributed by atoms with Gasteiger partial charge in [-0.05, 0) is 30.2 Å². The highest BCUT2D eigenvalue weighted by molar-refractivity contribution is 6.04. The zero-order valence-corrected chi connectivity index (χ0v) is 16.2. The highest BCUT2D eigenvalue weighted by atomic mass is 16.7. The Kier molecular flexibility index (Phi) is 5.46. The van der Waals surface area contributed by atoms with E-state index in [0.29, 0.717) is 13.2 Å². The SMILES string of the molecule is Cc1cccc(NC(=O)/C=C/c2ccccc2)c1N1CCC2(CC1)OCCO2. The van der Waals surface area contributed by atoms with Crippen LogP contribution in [0.3, 0.4) is 0 Å². The number of amides is 1. The van der Waals surface area contributed by atoms with Crippen LogP contribution in [0.25, 0.3) is 6.08 Å². The Morgan fingerprint density at radius 2 is 1.75 bits per heavy atom. The van der Waals surface area contributed by atoms with Gasteiger partial charge in [0.05, 0.1) is 24.6 Å². The lowest BCUT2D eigenvalue weighted by Crippen LogP contribution is -2.45. The van der Waals surface area contributed by atoms with Crippen molar-refractivity contribution in [2.45, 2.75) is 25.6 Å². The third kappa shape index (κ3) is 4.11. The average molecular weight is 378 g/mol. The quantitative estimate of drug-likeness (QED) is 0.818. The summed E-state index contributed by atoms with van der Waals surface area (Å²) < 4.78 is 11.7. The molecule has 0 bridgehead atoms. The van der Waals surface area contributed by atoms with E-state index in [4.69, 9.17) is 9.47 Å². The fourth-order valence-electron chi connectivity index (χ4n) is 3.95. The van der Waals surface area contributed by atoms with Gasteiger partial charge >= 0.3 is 0 Å². The second kappa shape index (κ2) is 8.17. The van der Waals surface area contributed by atoms with E-state index < -0.39 is 5.79 Å². The van der Waals surface area contributed by atoms with Gasteiger partial charge in [0.1, 0.15) is 0 Å². The third-order valence-electron chi connectivity index (χ3n) is 5.38. The zero-order valence-electron chi connectivity index (χ0n) is 16.2. The van der Waals surface area contributed by atoms with Crippen molar-refractivity contribution in [2.75, 3.05) is 36.5 Å². The van der Waals surface area contributed by atoms with Crippen molar-refractivity contribution in [1.29, 1.82) is 0 Å². The molecular weight excluding hydrogens is 352 g/mol. The Morgan fingerprint density at radius 3 is 2.46 bits per heavy atom. The van der Waals surface area contributed by atoms with E-state index >= 15 is 0 Å². The van der Waals surface area contributed by atoms with Crippen LogP contribution in [0, 0.1) is 6.92 Å². The Balaban J connectivity index is 1.47. The summed E-state index contributed by atoms with van der Waals surface area (Å²) in [6.07, 6.45) is 5.07. The van der Waals surface area contributed by atoms with Crippen LogP contribution < -0.4 is 10.2 Å². The molecule has 1 spiro atoms. The van der Waals surface area contributed by atoms with E-state index in [1.807, 2.05) is 48.5 Å². The van der Waals surface area contributed by atoms with Crippen molar-refractivity contribution in [2.24, 2.45) is 0 Å². The van der Waals surface area contributed by atoms with E-state index in [9.17, 15) is 4.79 Å². The van der Waals surface area contributed by atoms with Crippen LogP contribution in [0.5, 0.6) is 0 Å². The average Bonchev–Trinajstić information content (AvgIpc) is 3.17. The number of ether oxygens (including phenoxy) is 2. The highest BCUT2D eigenvalue weighted by Crippen LogP contribution is 2.37. The minimum Gasteiger partial charge on any atom is -0.369 e. The van der Waals surface area contributed by atoms with Crippen LogP contribution in [-0.2, 0) is 14.3 Å². The molecule has 1 amide bonds. The third-order valence-corrected chi connectivity index (χ3v) is 5.38. The molecule has 28 heavy (non-hydrogen) atoms. The number of para-hydroxylation sites is 1. The van der Waals surface area contributed by atoms with Crippen molar-refractivity contribution in [1.82, 2.24) is 0 Å². The van der Waals surface area contributed by atoms with E-state index in [1.165, 1.54) is 0 Å². The smallest absolute Gasteiger partial charge is 0.248 e. The monoisotopic (exact) mass is 378 g/mol. The first-order valence-electron chi connectivity index (χ1n) is 9.82. The maximum atomic E-state index is 12.5. The topological polar surface area (TPSA) is 50.8 Å². The number of hydrogen-bond donors (Lipinski definition) is 1. The molecule has 2 aromatic carbocycles. The van der Waals surface area contributed by atoms with Gasteiger partial charge in [-0.1, -0.05) is 42.5 Å². The van der Waals surface area contributed by atoms with Crippen molar-refractivity contribution in [3.63, 3.8) is 0 Å². The summed E-state index contributed by atoms with van der Waals surface area (Å²) in [6.45, 7) is 5.12. The molecule has 2 saturated heterocycles. The molecule has 2 aromatic rings. The van der Waals surface area contributed by atoms with Crippen LogP contribution in [0.2, 0.25) is 0 Å². The van der Waals surface area contributed by atoms with Gasteiger partial charge in [-0.15, -0.1) is 0 Å². The van der Waals surface area contributed by atoms with E-state index in [1.54, 1.807) is 6.08 Å². The summed E-state index contributed by atoms with van der Waals surface area (Å²) >= 11 is 0. The second-order valence-electron chi connectivity index (χ2n) is 7.30. The van der Waals surface area contributed by atoms with Crippen molar-refractivity contribution >= 4 is 23.4 Å². The van der Waals surface area contributed by atoms with Crippen molar-refractivity contribution in [3.8, 4) is 0 Å². The zero-order chi connectivity index (χ0) is 19.4. The van der Waals surface area contributed by atoms with E-state index in [-0.39, 0.29) is 5.91 Å². The van der Waals surface area contributed by atoms with Gasteiger partial charge in [-0.2, -0.15) is 0 Å². The Bertz CT molecular complexity index is 847. The largest absolute Gasteiger partial charge is 0.369 e. The number of benzene rings is 2. The van der Waals surface area contributed by atoms with Gasteiger partial charge in [0.15, 0.2) is 5.79 Å². The molecule has 2 heterocycles. The molecular formula is C23H26N2O3. The number of carbonyl (C=O) groups excluding carboxylic acids is 1. The standard InChI is InChI=1S/C23H26N2O3/c1-18-6-5-9-20(24-21(26)11-10-19-7-3-2-4-8-19)22(18)25-14-12-23(13-15-25)27-16-17-28-23/h2-11H,12-17H2,1H3,(H,24,26)/b11-10+. The Hall–Kier alpha value is -2.63. The molecule has 4 rings (SSSR count). The molecule has 0 atom stereocenters. The molecule has 1 N–H and O–H groups in total. The number of carbonyl (C=O) groups is 1. The first-order valence-corrected chi connectivity index (χ1v) is 9.82. The summed E-state index contributed by atoms with van der Waals surface area (Å²) in [5, 5.41) is 3.05. The molecule has 2 aliphatic heterocycles. The molecule has 2 aliphatic rings. The lowest BCUT2D eigenvalue weighted by Gasteiger charge is -2.39. The van der Waals surface area contributed by atoms with Crippen LogP contribution >= 0.6 is 0 Å². The lowest BCUT2D eigenvalue weighted by molar-refractivity contribution is -0.169. The summed E-state index contributed by atoms with van der Waals surface area (Å²) in [6, 6.07) is 15.8. The maximum absolute atomic E-state index is 12.5. The van der Waals surface area contributed by atoms with Crippen LogP contribution in [0.1, 0.15) is 24.0 Å². The molecule has 5 heteroatoms. The summed E-state index contributed by atoms with van der Waals surface area (Å²) in [4.78, 5) is 14.8. The molecule has 2 fully saturated rings. The van der Waals surface area contributed by atoms with Crippen molar-refractivity contribution in [3.05, 3.63) is 65.7 Å². The number of anilines is 2. The summed E-state index contributed by atoms with van der Waals surface area (Å²) in [7, 11) is 0. The van der Waals surface area contributed by atoms with Gasteiger partial charge in [0.25, 0.3) is 0 Å². The second-order valence-corrected chi connectivity index (χ2v) is 7.30. The number of hydrogen-bond acceptors (Lipinski definition) is 4. The number of piperidine rings is 1. The molecule has 0 aromatic heterocycles. The van der Waals surface area contributed by atoms with Crippen LogP contribution in [0.15, 0.2) is 54.6 Å². The molecule has 5 nitrogen and oxygen atoms in total. The first-order chi connectivity index (χ1) is 13.7. The Morgan fingerprint density at radius 1 is 1.04 bits per heavy atom. The fourth-order valence-corrected chi connectivity index (χ4v) is 3.95. The summed E-state index contributed by atoms with van der Waals surface area (Å²) in [5.41, 5.74) is 4.07. The number of nitrogens with zero attached hydrogens (tertiary/aromatic N) is 1. The van der Waals surface area contributed by atoms with E-state index in [2.05, 4.69) is 23.2 Å². The number of rotatable bonds is 4.